The molecular weight excluding hydrogens is 386 g/mol. The Morgan fingerprint density at radius 1 is 1.14 bits per heavy atom. The largest absolute Gasteiger partial charge is 0.387 e. The second kappa shape index (κ2) is 9.02. The van der Waals surface area contributed by atoms with Crippen LogP contribution in [0.15, 0.2) is 53.1 Å². The molecule has 3 N–H and O–H groups in total. The van der Waals surface area contributed by atoms with Gasteiger partial charge in [-0.25, -0.2) is 8.78 Å². The Balaban J connectivity index is 1.53. The number of benzene rings is 2. The molecule has 0 aliphatic rings. The fourth-order valence-corrected chi connectivity index (χ4v) is 2.40. The van der Waals surface area contributed by atoms with Crippen LogP contribution in [0.5, 0.6) is 0 Å². The molecule has 3 rings (SSSR count). The van der Waals surface area contributed by atoms with E-state index < -0.39 is 29.6 Å². The minimum absolute atomic E-state index is 0.0785. The Morgan fingerprint density at radius 3 is 2.62 bits per heavy atom. The van der Waals surface area contributed by atoms with Crippen molar-refractivity contribution in [3.05, 3.63) is 77.4 Å². The van der Waals surface area contributed by atoms with E-state index in [-0.39, 0.29) is 30.4 Å². The molecule has 3 aromatic rings. The third-order valence-electron chi connectivity index (χ3n) is 3.83. The number of halogens is 2. The third-order valence-corrected chi connectivity index (χ3v) is 3.83. The summed E-state index contributed by atoms with van der Waals surface area (Å²) < 4.78 is 31.2. The van der Waals surface area contributed by atoms with E-state index in [1.807, 2.05) is 0 Å². The maximum absolute atomic E-state index is 13.6. The smallest absolute Gasteiger partial charge is 0.315 e. The Kier molecular flexibility index (Phi) is 6.25. The summed E-state index contributed by atoms with van der Waals surface area (Å²) in [5.74, 6) is -3.58. The van der Waals surface area contributed by atoms with Gasteiger partial charge in [0.05, 0.1) is 18.2 Å². The van der Waals surface area contributed by atoms with Crippen LogP contribution < -0.4 is 10.6 Å². The average molecular weight is 402 g/mol. The summed E-state index contributed by atoms with van der Waals surface area (Å²) in [5.41, 5.74) is 0.427. The summed E-state index contributed by atoms with van der Waals surface area (Å²) in [6.07, 6.45) is -1.31. The Hall–Kier alpha value is -3.66. The van der Waals surface area contributed by atoms with Crippen molar-refractivity contribution in [1.82, 2.24) is 15.5 Å². The topological polar surface area (TPSA) is 117 Å². The molecule has 8 nitrogen and oxygen atoms in total. The predicted molar refractivity (Wildman–Crippen MR) is 96.7 cm³/mol. The molecule has 0 bridgehead atoms. The van der Waals surface area contributed by atoms with E-state index in [0.29, 0.717) is 11.6 Å². The number of nitrogens with zero attached hydrogens (tertiary/aromatic N) is 2. The summed E-state index contributed by atoms with van der Waals surface area (Å²) in [6, 6.07) is 11.5. The summed E-state index contributed by atoms with van der Waals surface area (Å²) in [6.45, 7) is -0.0785. The number of amides is 2. The van der Waals surface area contributed by atoms with Gasteiger partial charge in [-0.05, 0) is 17.7 Å². The summed E-state index contributed by atoms with van der Waals surface area (Å²) in [5, 5.41) is 18.2. The molecule has 0 aliphatic heterocycles. The standard InChI is InChI=1S/C19H16F2N4O4/c20-12-6-7-14(13(21)8-12)23-17(27)9-16-24-19(29-25-16)18(28)22-10-15(26)11-4-2-1-3-5-11/h1-8,15,26H,9-10H2,(H,22,28)(H,23,27)/t15-/m0/s1. The van der Waals surface area contributed by atoms with Crippen LogP contribution in [0.1, 0.15) is 28.2 Å². The quantitative estimate of drug-likeness (QED) is 0.556. The third kappa shape index (κ3) is 5.42. The number of anilines is 1. The van der Waals surface area contributed by atoms with E-state index in [1.54, 1.807) is 30.3 Å². The van der Waals surface area contributed by atoms with Gasteiger partial charge in [0.15, 0.2) is 5.82 Å². The van der Waals surface area contributed by atoms with Crippen LogP contribution in [0.3, 0.4) is 0 Å². The van der Waals surface area contributed by atoms with E-state index in [1.165, 1.54) is 0 Å². The van der Waals surface area contributed by atoms with Gasteiger partial charge in [0, 0.05) is 12.6 Å². The van der Waals surface area contributed by atoms with E-state index in [9.17, 15) is 23.5 Å². The van der Waals surface area contributed by atoms with Crippen molar-refractivity contribution in [3.8, 4) is 0 Å². The van der Waals surface area contributed by atoms with E-state index in [4.69, 9.17) is 4.52 Å². The van der Waals surface area contributed by atoms with E-state index in [0.717, 1.165) is 12.1 Å². The normalized spacial score (nSPS) is 11.7. The molecule has 0 radical (unpaired) electrons. The number of aliphatic hydroxyl groups is 1. The van der Waals surface area contributed by atoms with Crippen LogP contribution in [-0.2, 0) is 11.2 Å². The minimum Gasteiger partial charge on any atom is -0.387 e. The first kappa shape index (κ1) is 20.1. The molecule has 1 atom stereocenters. The van der Waals surface area contributed by atoms with Gasteiger partial charge in [0.1, 0.15) is 11.6 Å². The SMILES string of the molecule is O=C(Cc1noc(C(=O)NC[C@H](O)c2ccccc2)n1)Nc1ccc(F)cc1F. The first-order valence-corrected chi connectivity index (χ1v) is 8.51. The highest BCUT2D eigenvalue weighted by Gasteiger charge is 2.19. The van der Waals surface area contributed by atoms with Crippen molar-refractivity contribution in [1.29, 1.82) is 0 Å². The summed E-state index contributed by atoms with van der Waals surface area (Å²) in [7, 11) is 0. The molecule has 0 saturated carbocycles. The van der Waals surface area contributed by atoms with E-state index >= 15 is 0 Å². The monoisotopic (exact) mass is 402 g/mol. The number of carbonyl (C=O) groups excluding carboxylic acids is 2. The molecule has 2 amide bonds. The fourth-order valence-electron chi connectivity index (χ4n) is 2.40. The molecule has 0 unspecified atom stereocenters. The molecule has 0 fully saturated rings. The molecule has 0 saturated heterocycles. The van der Waals surface area contributed by atoms with Gasteiger partial charge in [-0.3, -0.25) is 9.59 Å². The molecule has 2 aromatic carbocycles. The Morgan fingerprint density at radius 2 is 1.90 bits per heavy atom. The van der Waals surface area contributed by atoms with Crippen molar-refractivity contribution in [2.45, 2.75) is 12.5 Å². The molecule has 29 heavy (non-hydrogen) atoms. The highest BCUT2D eigenvalue weighted by Crippen LogP contribution is 2.15. The van der Waals surface area contributed by atoms with E-state index in [2.05, 4.69) is 20.8 Å². The van der Waals surface area contributed by atoms with Crippen molar-refractivity contribution in [2.24, 2.45) is 0 Å². The number of hydrogen-bond donors (Lipinski definition) is 3. The first-order chi connectivity index (χ1) is 13.9. The van der Waals surface area contributed by atoms with Crippen molar-refractivity contribution in [3.63, 3.8) is 0 Å². The number of aliphatic hydroxyl groups excluding tert-OH is 1. The molecule has 1 aromatic heterocycles. The van der Waals surface area contributed by atoms with Crippen LogP contribution in [0.25, 0.3) is 0 Å². The van der Waals surface area contributed by atoms with Crippen LogP contribution in [0.4, 0.5) is 14.5 Å². The zero-order valence-corrected chi connectivity index (χ0v) is 14.9. The Labute approximate surface area is 163 Å². The lowest BCUT2D eigenvalue weighted by Crippen LogP contribution is -2.28. The molecule has 0 aliphatic carbocycles. The lowest BCUT2D eigenvalue weighted by molar-refractivity contribution is -0.115. The van der Waals surface area contributed by atoms with Crippen LogP contribution in [0, 0.1) is 11.6 Å². The zero-order valence-electron chi connectivity index (χ0n) is 14.9. The van der Waals surface area contributed by atoms with Gasteiger partial charge in [0.25, 0.3) is 0 Å². The number of aromatic nitrogens is 2. The van der Waals surface area contributed by atoms with Gasteiger partial charge >= 0.3 is 11.8 Å². The first-order valence-electron chi connectivity index (χ1n) is 8.51. The lowest BCUT2D eigenvalue weighted by atomic mass is 10.1. The molecule has 0 spiro atoms. The van der Waals surface area contributed by atoms with Gasteiger partial charge in [-0.2, -0.15) is 4.98 Å². The van der Waals surface area contributed by atoms with Gasteiger partial charge < -0.3 is 20.3 Å². The maximum atomic E-state index is 13.6. The van der Waals surface area contributed by atoms with Crippen LogP contribution in [-0.4, -0.2) is 33.6 Å². The average Bonchev–Trinajstić information content (AvgIpc) is 3.17. The lowest BCUT2D eigenvalue weighted by Gasteiger charge is -2.10. The minimum atomic E-state index is -0.927. The molecule has 150 valence electrons. The number of hydrogen-bond acceptors (Lipinski definition) is 6. The van der Waals surface area contributed by atoms with Crippen molar-refractivity contribution >= 4 is 17.5 Å². The Bertz CT molecular complexity index is 1010. The highest BCUT2D eigenvalue weighted by atomic mass is 19.1. The molecule has 10 heteroatoms. The second-order valence-electron chi connectivity index (χ2n) is 6.00. The van der Waals surface area contributed by atoms with Crippen LogP contribution in [0.2, 0.25) is 0 Å². The second-order valence-corrected chi connectivity index (χ2v) is 6.00. The molecule has 1 heterocycles. The fraction of sp³-hybridized carbons (Fsp3) is 0.158. The predicted octanol–water partition coefficient (Wildman–Crippen LogP) is 1.99. The number of rotatable bonds is 7. The van der Waals surface area contributed by atoms with Gasteiger partial charge in [-0.1, -0.05) is 35.5 Å². The molecular formula is C19H16F2N4O4. The maximum Gasteiger partial charge on any atom is 0.315 e. The summed E-state index contributed by atoms with van der Waals surface area (Å²) >= 11 is 0. The summed E-state index contributed by atoms with van der Waals surface area (Å²) in [4.78, 5) is 27.8. The van der Waals surface area contributed by atoms with Gasteiger partial charge in [0.2, 0.25) is 5.91 Å². The van der Waals surface area contributed by atoms with Crippen LogP contribution >= 0.6 is 0 Å². The van der Waals surface area contributed by atoms with Gasteiger partial charge in [-0.15, -0.1) is 0 Å². The number of carbonyl (C=O) groups is 2. The zero-order chi connectivity index (χ0) is 20.8. The van der Waals surface area contributed by atoms with Crippen molar-refractivity contribution < 1.29 is 28.0 Å². The van der Waals surface area contributed by atoms with Crippen molar-refractivity contribution in [2.75, 3.05) is 11.9 Å². The highest BCUT2D eigenvalue weighted by molar-refractivity contribution is 5.92. The number of nitrogens with one attached hydrogen (secondary N) is 2.